The number of nitrogens with one attached hydrogen (secondary N) is 1. The second-order valence-electron chi connectivity index (χ2n) is 6.89. The first-order chi connectivity index (χ1) is 13.8. The highest BCUT2D eigenvalue weighted by Gasteiger charge is 2.16. The molecule has 0 fully saturated rings. The number of carbonyl (C=O) groups excluding carboxylic acids is 1. The van der Waals surface area contributed by atoms with Crippen LogP contribution in [0.25, 0.3) is 22.8 Å². The van der Waals surface area contributed by atoms with Gasteiger partial charge in [0.2, 0.25) is 10.0 Å². The predicted octanol–water partition coefficient (Wildman–Crippen LogP) is 2.72. The van der Waals surface area contributed by atoms with E-state index in [1.54, 1.807) is 23.2 Å². The van der Waals surface area contributed by atoms with Crippen LogP contribution in [0.15, 0.2) is 36.8 Å². The highest BCUT2D eigenvalue weighted by atomic mass is 32.2. The minimum absolute atomic E-state index is 0.0546. The monoisotopic (exact) mass is 415 g/mol. The molecule has 0 spiro atoms. The summed E-state index contributed by atoms with van der Waals surface area (Å²) < 4.78 is 29.8. The molecule has 3 aromatic rings. The van der Waals surface area contributed by atoms with Crippen molar-refractivity contribution in [3.8, 4) is 5.82 Å². The van der Waals surface area contributed by atoms with Gasteiger partial charge in [0.25, 0.3) is 5.91 Å². The number of fused-ring (bicyclic) bond motifs is 1. The number of unbranched alkanes of at least 4 members (excludes halogenated alkanes) is 2. The number of aryl methyl sites for hydroxylation is 2. The topological polar surface area (TPSA) is 98.9 Å². The largest absolute Gasteiger partial charge is 0.301 e. The third-order valence-corrected chi connectivity index (χ3v) is 5.97. The van der Waals surface area contributed by atoms with Gasteiger partial charge in [-0.05, 0) is 31.6 Å². The van der Waals surface area contributed by atoms with Gasteiger partial charge >= 0.3 is 0 Å². The highest BCUT2D eigenvalue weighted by molar-refractivity contribution is 7.90. The molecule has 3 rings (SSSR count). The summed E-state index contributed by atoms with van der Waals surface area (Å²) in [4.78, 5) is 16.3. The summed E-state index contributed by atoms with van der Waals surface area (Å²) in [6, 6.07) is 3.86. The third kappa shape index (κ3) is 4.73. The Kier molecular flexibility index (Phi) is 6.17. The SMILES string of the molecule is CCCCCS(=O)(=O)NC(=O)C=Cc1c(C)nn(C)c1-n1ccc2cnccc21. The van der Waals surface area contributed by atoms with Crippen molar-refractivity contribution in [2.75, 3.05) is 5.75 Å². The molecule has 29 heavy (non-hydrogen) atoms. The van der Waals surface area contributed by atoms with E-state index in [4.69, 9.17) is 0 Å². The van der Waals surface area contributed by atoms with E-state index in [0.29, 0.717) is 6.42 Å². The normalized spacial score (nSPS) is 12.1. The number of hydrogen-bond acceptors (Lipinski definition) is 5. The molecule has 0 saturated heterocycles. The van der Waals surface area contributed by atoms with Gasteiger partial charge in [0.05, 0.1) is 17.0 Å². The van der Waals surface area contributed by atoms with Gasteiger partial charge in [-0.2, -0.15) is 5.10 Å². The van der Waals surface area contributed by atoms with E-state index < -0.39 is 15.9 Å². The number of amides is 1. The first kappa shape index (κ1) is 20.8. The van der Waals surface area contributed by atoms with Gasteiger partial charge in [-0.25, -0.2) is 13.1 Å². The number of pyridine rings is 1. The molecule has 3 aromatic heterocycles. The Morgan fingerprint density at radius 2 is 2.07 bits per heavy atom. The summed E-state index contributed by atoms with van der Waals surface area (Å²) in [6.07, 6.45) is 10.5. The molecule has 8 nitrogen and oxygen atoms in total. The van der Waals surface area contributed by atoms with Crippen LogP contribution in [-0.4, -0.2) is 39.4 Å². The molecule has 0 radical (unpaired) electrons. The molecule has 1 amide bonds. The van der Waals surface area contributed by atoms with Gasteiger partial charge in [0.15, 0.2) is 0 Å². The lowest BCUT2D eigenvalue weighted by atomic mass is 10.2. The molecule has 1 N–H and O–H groups in total. The molecule has 0 aliphatic rings. The van der Waals surface area contributed by atoms with Crippen molar-refractivity contribution in [1.82, 2.24) is 24.1 Å². The number of sulfonamides is 1. The van der Waals surface area contributed by atoms with Crippen molar-refractivity contribution in [1.29, 1.82) is 0 Å². The fraction of sp³-hybridized carbons (Fsp3) is 0.350. The Bertz CT molecular complexity index is 1160. The van der Waals surface area contributed by atoms with Crippen LogP contribution in [0.4, 0.5) is 0 Å². The van der Waals surface area contributed by atoms with Crippen molar-refractivity contribution in [2.45, 2.75) is 33.1 Å². The van der Waals surface area contributed by atoms with E-state index in [0.717, 1.165) is 40.8 Å². The molecular formula is C20H25N5O3S. The number of carbonyl (C=O) groups is 1. The van der Waals surface area contributed by atoms with Crippen LogP contribution in [0.1, 0.15) is 37.4 Å². The minimum Gasteiger partial charge on any atom is -0.301 e. The first-order valence-electron chi connectivity index (χ1n) is 9.50. The van der Waals surface area contributed by atoms with Gasteiger partial charge in [-0.3, -0.25) is 14.5 Å². The molecule has 0 aromatic carbocycles. The maximum absolute atomic E-state index is 12.2. The zero-order chi connectivity index (χ0) is 21.0. The van der Waals surface area contributed by atoms with E-state index in [9.17, 15) is 13.2 Å². The van der Waals surface area contributed by atoms with Gasteiger partial charge < -0.3 is 4.57 Å². The Balaban J connectivity index is 1.86. The number of rotatable bonds is 8. The fourth-order valence-electron chi connectivity index (χ4n) is 3.25. The average Bonchev–Trinajstić information content (AvgIpc) is 3.19. The Morgan fingerprint density at radius 3 is 2.83 bits per heavy atom. The molecule has 9 heteroatoms. The van der Waals surface area contributed by atoms with Crippen LogP contribution in [-0.2, 0) is 21.9 Å². The summed E-state index contributed by atoms with van der Waals surface area (Å²) in [6.45, 7) is 3.84. The Morgan fingerprint density at radius 1 is 1.28 bits per heavy atom. The molecular weight excluding hydrogens is 390 g/mol. The molecule has 0 atom stereocenters. The zero-order valence-corrected chi connectivity index (χ0v) is 17.6. The summed E-state index contributed by atoms with van der Waals surface area (Å²) in [7, 11) is -1.80. The van der Waals surface area contributed by atoms with Crippen LogP contribution in [0, 0.1) is 6.92 Å². The smallest absolute Gasteiger partial charge is 0.257 e. The van der Waals surface area contributed by atoms with E-state index >= 15 is 0 Å². The lowest BCUT2D eigenvalue weighted by molar-refractivity contribution is -0.114. The molecule has 0 aliphatic carbocycles. The Labute approximate surface area is 170 Å². The fourth-order valence-corrected chi connectivity index (χ4v) is 4.31. The van der Waals surface area contributed by atoms with Gasteiger partial charge in [-0.15, -0.1) is 0 Å². The second-order valence-corrected chi connectivity index (χ2v) is 8.73. The van der Waals surface area contributed by atoms with Crippen LogP contribution < -0.4 is 4.72 Å². The summed E-state index contributed by atoms with van der Waals surface area (Å²) in [5.41, 5.74) is 2.43. The van der Waals surface area contributed by atoms with Crippen molar-refractivity contribution >= 4 is 32.9 Å². The van der Waals surface area contributed by atoms with Crippen molar-refractivity contribution < 1.29 is 13.2 Å². The van der Waals surface area contributed by atoms with Crippen molar-refractivity contribution in [2.24, 2.45) is 7.05 Å². The van der Waals surface area contributed by atoms with Crippen LogP contribution >= 0.6 is 0 Å². The molecule has 0 bridgehead atoms. The summed E-state index contributed by atoms with van der Waals surface area (Å²) in [5, 5.41) is 5.44. The number of hydrogen-bond donors (Lipinski definition) is 1. The molecule has 0 unspecified atom stereocenters. The van der Waals surface area contributed by atoms with Crippen LogP contribution in [0.5, 0.6) is 0 Å². The number of aromatic nitrogens is 4. The van der Waals surface area contributed by atoms with Gasteiger partial charge in [-0.1, -0.05) is 19.8 Å². The summed E-state index contributed by atoms with van der Waals surface area (Å²) >= 11 is 0. The highest BCUT2D eigenvalue weighted by Crippen LogP contribution is 2.24. The first-order valence-corrected chi connectivity index (χ1v) is 11.1. The standard InChI is InChI=1S/C20H25N5O3S/c1-4-5-6-13-29(27,28)23-19(26)8-7-17-15(2)22-24(3)20(17)25-12-10-16-14-21-11-9-18(16)25/h7-12,14H,4-6,13H2,1-3H3,(H,23,26). The lowest BCUT2D eigenvalue weighted by Crippen LogP contribution is -2.31. The molecule has 0 aliphatic heterocycles. The van der Waals surface area contributed by atoms with E-state index in [2.05, 4.69) is 14.8 Å². The molecule has 3 heterocycles. The maximum atomic E-state index is 12.2. The average molecular weight is 416 g/mol. The van der Waals surface area contributed by atoms with Crippen molar-refractivity contribution in [3.05, 3.63) is 48.1 Å². The Hall–Kier alpha value is -2.94. The van der Waals surface area contributed by atoms with Gasteiger partial charge in [0, 0.05) is 42.7 Å². The molecule has 0 saturated carbocycles. The number of nitrogens with zero attached hydrogens (tertiary/aromatic N) is 4. The van der Waals surface area contributed by atoms with E-state index in [1.165, 1.54) is 6.08 Å². The van der Waals surface area contributed by atoms with Gasteiger partial charge in [0.1, 0.15) is 5.82 Å². The summed E-state index contributed by atoms with van der Waals surface area (Å²) in [5.74, 6) is 0.0527. The predicted molar refractivity (Wildman–Crippen MR) is 113 cm³/mol. The lowest BCUT2D eigenvalue weighted by Gasteiger charge is -2.08. The quantitative estimate of drug-likeness (QED) is 0.450. The zero-order valence-electron chi connectivity index (χ0n) is 16.8. The van der Waals surface area contributed by atoms with Crippen LogP contribution in [0.3, 0.4) is 0 Å². The maximum Gasteiger partial charge on any atom is 0.257 e. The second kappa shape index (κ2) is 8.60. The van der Waals surface area contributed by atoms with Crippen LogP contribution in [0.2, 0.25) is 0 Å². The van der Waals surface area contributed by atoms with E-state index in [-0.39, 0.29) is 5.75 Å². The third-order valence-electron chi connectivity index (χ3n) is 4.63. The minimum atomic E-state index is -3.63. The molecule has 154 valence electrons. The van der Waals surface area contributed by atoms with E-state index in [1.807, 2.05) is 43.8 Å². The van der Waals surface area contributed by atoms with Crippen molar-refractivity contribution in [3.63, 3.8) is 0 Å².